The van der Waals surface area contributed by atoms with Gasteiger partial charge in [-0.1, -0.05) is 6.08 Å². The Kier molecular flexibility index (Phi) is 6.47. The SMILES string of the molecule is C=CCN(c1ccc(OCC)cc1)S(=O)(=O)c1ccc(OCC)cc1. The number of rotatable bonds is 9. The maximum Gasteiger partial charge on any atom is 0.264 e. The van der Waals surface area contributed by atoms with Crippen LogP contribution in [0.15, 0.2) is 66.1 Å². The summed E-state index contributed by atoms with van der Waals surface area (Å²) in [4.78, 5) is 0.201. The van der Waals surface area contributed by atoms with E-state index >= 15 is 0 Å². The minimum atomic E-state index is -3.71. The Morgan fingerprint density at radius 3 is 1.84 bits per heavy atom. The van der Waals surface area contributed by atoms with E-state index in [0.717, 1.165) is 0 Å². The Morgan fingerprint density at radius 1 is 0.920 bits per heavy atom. The second kappa shape index (κ2) is 8.58. The molecular weight excluding hydrogens is 338 g/mol. The van der Waals surface area contributed by atoms with Crippen LogP contribution in [-0.4, -0.2) is 28.2 Å². The fourth-order valence-corrected chi connectivity index (χ4v) is 3.77. The third-order valence-electron chi connectivity index (χ3n) is 3.45. The first-order valence-electron chi connectivity index (χ1n) is 8.12. The van der Waals surface area contributed by atoms with Crippen LogP contribution in [0.3, 0.4) is 0 Å². The maximum atomic E-state index is 13.0. The first-order chi connectivity index (χ1) is 12.0. The third kappa shape index (κ3) is 4.54. The average Bonchev–Trinajstić information content (AvgIpc) is 2.61. The van der Waals surface area contributed by atoms with E-state index in [1.165, 1.54) is 4.31 Å². The van der Waals surface area contributed by atoms with Crippen LogP contribution in [0.1, 0.15) is 13.8 Å². The highest BCUT2D eigenvalue weighted by atomic mass is 32.2. The molecule has 0 aliphatic rings. The summed E-state index contributed by atoms with van der Waals surface area (Å²) < 4.78 is 38.1. The number of benzene rings is 2. The van der Waals surface area contributed by atoms with Crippen molar-refractivity contribution in [2.24, 2.45) is 0 Å². The van der Waals surface area contributed by atoms with E-state index in [1.54, 1.807) is 54.6 Å². The van der Waals surface area contributed by atoms with Crippen molar-refractivity contribution in [1.29, 1.82) is 0 Å². The van der Waals surface area contributed by atoms with Crippen molar-refractivity contribution in [1.82, 2.24) is 0 Å². The smallest absolute Gasteiger partial charge is 0.264 e. The lowest BCUT2D eigenvalue weighted by atomic mass is 10.3. The molecule has 0 saturated heterocycles. The summed E-state index contributed by atoms with van der Waals surface area (Å²) in [6, 6.07) is 13.4. The van der Waals surface area contributed by atoms with Gasteiger partial charge in [0.15, 0.2) is 0 Å². The first-order valence-corrected chi connectivity index (χ1v) is 9.56. The molecule has 0 aromatic heterocycles. The van der Waals surface area contributed by atoms with Crippen LogP contribution >= 0.6 is 0 Å². The van der Waals surface area contributed by atoms with E-state index in [1.807, 2.05) is 13.8 Å². The summed E-state index contributed by atoms with van der Waals surface area (Å²) in [5.74, 6) is 1.33. The van der Waals surface area contributed by atoms with Crippen LogP contribution in [0.5, 0.6) is 11.5 Å². The number of nitrogens with zero attached hydrogens (tertiary/aromatic N) is 1. The van der Waals surface area contributed by atoms with Gasteiger partial charge in [-0.3, -0.25) is 4.31 Å². The molecule has 0 N–H and O–H groups in total. The topological polar surface area (TPSA) is 55.8 Å². The molecule has 0 unspecified atom stereocenters. The molecule has 0 bridgehead atoms. The van der Waals surface area contributed by atoms with Gasteiger partial charge in [-0.2, -0.15) is 0 Å². The third-order valence-corrected chi connectivity index (χ3v) is 5.26. The van der Waals surface area contributed by atoms with Crippen molar-refractivity contribution >= 4 is 15.7 Å². The van der Waals surface area contributed by atoms with E-state index in [2.05, 4.69) is 6.58 Å². The molecule has 134 valence electrons. The predicted molar refractivity (Wildman–Crippen MR) is 100.0 cm³/mol. The lowest BCUT2D eigenvalue weighted by Gasteiger charge is -2.23. The number of anilines is 1. The number of sulfonamides is 1. The van der Waals surface area contributed by atoms with E-state index in [4.69, 9.17) is 9.47 Å². The summed E-state index contributed by atoms with van der Waals surface area (Å²) in [6.07, 6.45) is 1.56. The second-order valence-electron chi connectivity index (χ2n) is 5.16. The molecule has 2 aromatic rings. The van der Waals surface area contributed by atoms with E-state index in [9.17, 15) is 8.42 Å². The summed E-state index contributed by atoms with van der Waals surface area (Å²) in [5, 5.41) is 0. The van der Waals surface area contributed by atoms with Gasteiger partial charge in [0.2, 0.25) is 0 Å². The van der Waals surface area contributed by atoms with Gasteiger partial charge in [0, 0.05) is 0 Å². The van der Waals surface area contributed by atoms with Gasteiger partial charge in [-0.05, 0) is 62.4 Å². The van der Waals surface area contributed by atoms with Gasteiger partial charge < -0.3 is 9.47 Å². The van der Waals surface area contributed by atoms with E-state index in [0.29, 0.717) is 30.4 Å². The highest BCUT2D eigenvalue weighted by Gasteiger charge is 2.24. The van der Waals surface area contributed by atoms with Gasteiger partial charge in [0.25, 0.3) is 10.0 Å². The summed E-state index contributed by atoms with van der Waals surface area (Å²) in [5.41, 5.74) is 0.553. The monoisotopic (exact) mass is 361 g/mol. The van der Waals surface area contributed by atoms with Crippen LogP contribution in [0.4, 0.5) is 5.69 Å². The Labute approximate surface area is 149 Å². The standard InChI is InChI=1S/C19H23NO4S/c1-4-15-20(16-7-9-17(10-8-16)23-5-2)25(21,22)19-13-11-18(12-14-19)24-6-3/h4,7-14H,1,5-6,15H2,2-3H3. The minimum absolute atomic E-state index is 0.170. The molecule has 2 rings (SSSR count). The molecule has 0 aliphatic heterocycles. The highest BCUT2D eigenvalue weighted by molar-refractivity contribution is 7.92. The molecule has 5 nitrogen and oxygen atoms in total. The largest absolute Gasteiger partial charge is 0.494 e. The van der Waals surface area contributed by atoms with Gasteiger partial charge in [0.1, 0.15) is 11.5 Å². The van der Waals surface area contributed by atoms with Gasteiger partial charge in [-0.25, -0.2) is 8.42 Å². The molecular formula is C19H23NO4S. The van der Waals surface area contributed by atoms with Crippen molar-refractivity contribution < 1.29 is 17.9 Å². The molecule has 0 fully saturated rings. The Morgan fingerprint density at radius 2 is 1.40 bits per heavy atom. The average molecular weight is 361 g/mol. The summed E-state index contributed by atoms with van der Waals surface area (Å²) >= 11 is 0. The molecule has 6 heteroatoms. The molecule has 0 saturated carbocycles. The molecule has 0 heterocycles. The van der Waals surface area contributed by atoms with Crippen LogP contribution in [-0.2, 0) is 10.0 Å². The fourth-order valence-electron chi connectivity index (χ4n) is 2.34. The van der Waals surface area contributed by atoms with Crippen molar-refractivity contribution in [2.45, 2.75) is 18.7 Å². The molecule has 0 amide bonds. The summed E-state index contributed by atoms with van der Waals surface area (Å²) in [7, 11) is -3.71. The number of hydrogen-bond donors (Lipinski definition) is 0. The Bertz CT molecular complexity index is 783. The molecule has 0 radical (unpaired) electrons. The molecule has 0 spiro atoms. The number of hydrogen-bond acceptors (Lipinski definition) is 4. The predicted octanol–water partition coefficient (Wildman–Crippen LogP) is 3.87. The lowest BCUT2D eigenvalue weighted by molar-refractivity contribution is 0.340. The normalized spacial score (nSPS) is 11.0. The quantitative estimate of drug-likeness (QED) is 0.636. The van der Waals surface area contributed by atoms with Crippen molar-refractivity contribution in [2.75, 3.05) is 24.1 Å². The van der Waals surface area contributed by atoms with Gasteiger partial charge in [-0.15, -0.1) is 6.58 Å². The van der Waals surface area contributed by atoms with Crippen LogP contribution in [0.25, 0.3) is 0 Å². The van der Waals surface area contributed by atoms with Crippen molar-refractivity contribution in [3.05, 3.63) is 61.2 Å². The molecule has 2 aromatic carbocycles. The lowest BCUT2D eigenvalue weighted by Crippen LogP contribution is -2.31. The minimum Gasteiger partial charge on any atom is -0.494 e. The van der Waals surface area contributed by atoms with Gasteiger partial charge in [0.05, 0.1) is 30.3 Å². The van der Waals surface area contributed by atoms with Crippen LogP contribution in [0, 0.1) is 0 Å². The van der Waals surface area contributed by atoms with E-state index < -0.39 is 10.0 Å². The summed E-state index contributed by atoms with van der Waals surface area (Å²) in [6.45, 7) is 8.70. The Hall–Kier alpha value is -2.47. The van der Waals surface area contributed by atoms with Gasteiger partial charge >= 0.3 is 0 Å². The molecule has 25 heavy (non-hydrogen) atoms. The van der Waals surface area contributed by atoms with Crippen LogP contribution < -0.4 is 13.8 Å². The zero-order valence-corrected chi connectivity index (χ0v) is 15.3. The first kappa shape index (κ1) is 18.9. The zero-order valence-electron chi connectivity index (χ0n) is 14.5. The van der Waals surface area contributed by atoms with Crippen molar-refractivity contribution in [3.63, 3.8) is 0 Å². The molecule has 0 aliphatic carbocycles. The zero-order chi connectivity index (χ0) is 18.3. The highest BCUT2D eigenvalue weighted by Crippen LogP contribution is 2.27. The van der Waals surface area contributed by atoms with Crippen LogP contribution in [0.2, 0.25) is 0 Å². The fraction of sp³-hybridized carbons (Fsp3) is 0.263. The number of ether oxygens (including phenoxy) is 2. The maximum absolute atomic E-state index is 13.0. The Balaban J connectivity index is 2.35. The van der Waals surface area contributed by atoms with E-state index in [-0.39, 0.29) is 11.4 Å². The molecule has 0 atom stereocenters. The second-order valence-corrected chi connectivity index (χ2v) is 7.02. The van der Waals surface area contributed by atoms with Crippen molar-refractivity contribution in [3.8, 4) is 11.5 Å².